The summed E-state index contributed by atoms with van der Waals surface area (Å²) in [5.74, 6) is 0.538. The Morgan fingerprint density at radius 3 is 2.62 bits per heavy atom. The summed E-state index contributed by atoms with van der Waals surface area (Å²) in [5, 5.41) is 0.933. The Bertz CT molecular complexity index is 1210. The lowest BCUT2D eigenvalue weighted by Crippen LogP contribution is -2.36. The molecular formula is C22H17Cl2N3O5. The second-order valence-electron chi connectivity index (χ2n) is 6.67. The first-order valence-corrected chi connectivity index (χ1v) is 10.2. The van der Waals surface area contributed by atoms with E-state index in [0.29, 0.717) is 32.8 Å². The van der Waals surface area contributed by atoms with Crippen molar-refractivity contribution in [2.75, 3.05) is 0 Å². The number of hydroxylamine groups is 1. The maximum atomic E-state index is 12.2. The third-order valence-corrected chi connectivity index (χ3v) is 4.70. The molecule has 2 heterocycles. The molecular weight excluding hydrogens is 457 g/mol. The first kappa shape index (κ1) is 21.9. The van der Waals surface area contributed by atoms with Crippen molar-refractivity contribution in [3.8, 4) is 17.6 Å². The van der Waals surface area contributed by atoms with Crippen molar-refractivity contribution < 1.29 is 23.5 Å². The molecule has 0 aliphatic carbocycles. The number of hydrogen-bond acceptors (Lipinski definition) is 7. The number of carbonyl (C=O) groups is 1. The topological polar surface area (TPSA) is 95.7 Å². The van der Waals surface area contributed by atoms with Crippen LogP contribution in [-0.2, 0) is 16.2 Å². The largest absolute Gasteiger partial charge is 0.481 e. The first-order chi connectivity index (χ1) is 15.5. The predicted molar refractivity (Wildman–Crippen MR) is 118 cm³/mol. The minimum absolute atomic E-state index is 0.0942. The number of amides is 1. The summed E-state index contributed by atoms with van der Waals surface area (Å²) >= 11 is 11.7. The van der Waals surface area contributed by atoms with E-state index >= 15 is 0 Å². The van der Waals surface area contributed by atoms with Crippen LogP contribution in [0.3, 0.4) is 0 Å². The van der Waals surface area contributed by atoms with Crippen molar-refractivity contribution in [3.05, 3.63) is 76.5 Å². The number of rotatable bonds is 8. The maximum Gasteiger partial charge on any atom is 0.400 e. The highest BCUT2D eigenvalue weighted by atomic mass is 35.5. The average molecular weight is 474 g/mol. The molecule has 2 aromatic heterocycles. The van der Waals surface area contributed by atoms with Gasteiger partial charge in [0.2, 0.25) is 0 Å². The smallest absolute Gasteiger partial charge is 0.400 e. The summed E-state index contributed by atoms with van der Waals surface area (Å²) in [7, 11) is 0. The number of carbonyl (C=O) groups excluding carboxylic acids is 1. The number of nitrogens with zero attached hydrogens (tertiary/aromatic N) is 2. The quantitative estimate of drug-likeness (QED) is 0.272. The van der Waals surface area contributed by atoms with Gasteiger partial charge in [-0.05, 0) is 55.0 Å². The minimum atomic E-state index is -0.785. The number of ether oxygens (including phenoxy) is 2. The molecule has 0 saturated carbocycles. The molecule has 10 heteroatoms. The Kier molecular flexibility index (Phi) is 6.75. The molecule has 32 heavy (non-hydrogen) atoms. The lowest BCUT2D eigenvalue weighted by Gasteiger charge is -2.14. The van der Waals surface area contributed by atoms with E-state index in [0.717, 1.165) is 5.56 Å². The van der Waals surface area contributed by atoms with Crippen LogP contribution in [0.5, 0.6) is 17.6 Å². The maximum absolute atomic E-state index is 12.2. The van der Waals surface area contributed by atoms with Gasteiger partial charge in [0, 0.05) is 17.3 Å². The third kappa shape index (κ3) is 5.67. The predicted octanol–water partition coefficient (Wildman–Crippen LogP) is 5.34. The number of aromatic nitrogens is 2. The molecule has 0 spiro atoms. The highest BCUT2D eigenvalue weighted by Crippen LogP contribution is 2.28. The highest BCUT2D eigenvalue weighted by Gasteiger charge is 2.15. The molecule has 0 fully saturated rings. The van der Waals surface area contributed by atoms with Gasteiger partial charge in [-0.1, -0.05) is 29.3 Å². The monoisotopic (exact) mass is 473 g/mol. The Labute approximate surface area is 193 Å². The number of halogens is 2. The van der Waals surface area contributed by atoms with Gasteiger partial charge in [0.05, 0.1) is 0 Å². The van der Waals surface area contributed by atoms with Gasteiger partial charge in [0.1, 0.15) is 28.8 Å². The van der Waals surface area contributed by atoms with Gasteiger partial charge in [-0.3, -0.25) is 9.63 Å². The Hall–Kier alpha value is -3.33. The van der Waals surface area contributed by atoms with Crippen molar-refractivity contribution >= 4 is 40.2 Å². The van der Waals surface area contributed by atoms with Crippen molar-refractivity contribution in [1.82, 2.24) is 15.4 Å². The van der Waals surface area contributed by atoms with Crippen LogP contribution in [0, 0.1) is 0 Å². The van der Waals surface area contributed by atoms with E-state index in [9.17, 15) is 4.79 Å². The van der Waals surface area contributed by atoms with Crippen molar-refractivity contribution in [1.29, 1.82) is 0 Å². The average Bonchev–Trinajstić information content (AvgIpc) is 3.17. The molecule has 1 N–H and O–H groups in total. The van der Waals surface area contributed by atoms with Gasteiger partial charge in [0.15, 0.2) is 11.7 Å². The van der Waals surface area contributed by atoms with Crippen LogP contribution in [0.2, 0.25) is 10.2 Å². The Morgan fingerprint density at radius 2 is 1.88 bits per heavy atom. The van der Waals surface area contributed by atoms with Crippen LogP contribution in [0.4, 0.5) is 0 Å². The summed E-state index contributed by atoms with van der Waals surface area (Å²) in [5.41, 5.74) is 4.28. The zero-order valence-corrected chi connectivity index (χ0v) is 18.3. The molecule has 4 rings (SSSR count). The van der Waals surface area contributed by atoms with E-state index in [1.807, 2.05) is 0 Å². The van der Waals surface area contributed by atoms with Gasteiger partial charge in [-0.25, -0.2) is 10.5 Å². The standard InChI is InChI=1S/C22H17Cl2N3O5/c1-13(21(28)27-29-12-14-2-9-20(24)25-11-14)30-16-4-6-17(7-5-16)31-22-26-18-8-3-15(23)10-19(18)32-22/h2-11,13H,12H2,1H3,(H,27,28)/t13-/m1/s1. The molecule has 0 aliphatic rings. The van der Waals surface area contributed by atoms with Gasteiger partial charge < -0.3 is 13.9 Å². The molecule has 0 radical (unpaired) electrons. The molecule has 0 saturated heterocycles. The summed E-state index contributed by atoms with van der Waals surface area (Å²) in [6.07, 6.45) is 0.872. The van der Waals surface area contributed by atoms with Gasteiger partial charge in [-0.2, -0.15) is 4.98 Å². The lowest BCUT2D eigenvalue weighted by atomic mass is 10.3. The van der Waals surface area contributed by atoms with Crippen LogP contribution in [-0.4, -0.2) is 22.0 Å². The van der Waals surface area contributed by atoms with E-state index in [-0.39, 0.29) is 12.7 Å². The molecule has 8 nitrogen and oxygen atoms in total. The van der Waals surface area contributed by atoms with E-state index in [2.05, 4.69) is 15.4 Å². The van der Waals surface area contributed by atoms with Crippen molar-refractivity contribution in [2.45, 2.75) is 19.6 Å². The van der Waals surface area contributed by atoms with Crippen LogP contribution >= 0.6 is 23.2 Å². The van der Waals surface area contributed by atoms with Crippen LogP contribution in [0.25, 0.3) is 11.1 Å². The summed E-state index contributed by atoms with van der Waals surface area (Å²) in [4.78, 5) is 25.5. The molecule has 1 amide bonds. The summed E-state index contributed by atoms with van der Waals surface area (Å²) in [6, 6.07) is 15.2. The van der Waals surface area contributed by atoms with Crippen LogP contribution in [0.15, 0.2) is 65.2 Å². The number of benzene rings is 2. The number of oxazole rings is 1. The minimum Gasteiger partial charge on any atom is -0.481 e. The number of fused-ring (bicyclic) bond motifs is 1. The second-order valence-corrected chi connectivity index (χ2v) is 7.49. The van der Waals surface area contributed by atoms with Crippen LogP contribution < -0.4 is 15.0 Å². The Morgan fingerprint density at radius 1 is 1.09 bits per heavy atom. The first-order valence-electron chi connectivity index (χ1n) is 9.49. The van der Waals surface area contributed by atoms with E-state index in [1.165, 1.54) is 0 Å². The molecule has 0 bridgehead atoms. The normalized spacial score (nSPS) is 11.8. The van der Waals surface area contributed by atoms with Gasteiger partial charge in [-0.15, -0.1) is 0 Å². The lowest BCUT2D eigenvalue weighted by molar-refractivity contribution is -0.141. The van der Waals surface area contributed by atoms with Gasteiger partial charge >= 0.3 is 6.08 Å². The molecule has 1 atom stereocenters. The molecule has 164 valence electrons. The van der Waals surface area contributed by atoms with E-state index in [1.54, 1.807) is 67.7 Å². The van der Waals surface area contributed by atoms with E-state index < -0.39 is 12.0 Å². The molecule has 0 unspecified atom stereocenters. The number of pyridine rings is 1. The zero-order valence-electron chi connectivity index (χ0n) is 16.7. The fraction of sp³-hybridized carbons (Fsp3) is 0.136. The highest BCUT2D eigenvalue weighted by molar-refractivity contribution is 6.31. The van der Waals surface area contributed by atoms with Gasteiger partial charge in [0.25, 0.3) is 5.91 Å². The molecule has 2 aromatic carbocycles. The number of nitrogens with one attached hydrogen (secondary N) is 1. The Balaban J connectivity index is 1.27. The van der Waals surface area contributed by atoms with Crippen molar-refractivity contribution in [2.24, 2.45) is 0 Å². The summed E-state index contributed by atoms with van der Waals surface area (Å²) < 4.78 is 16.8. The zero-order chi connectivity index (χ0) is 22.5. The number of hydrogen-bond donors (Lipinski definition) is 1. The van der Waals surface area contributed by atoms with E-state index in [4.69, 9.17) is 41.9 Å². The van der Waals surface area contributed by atoms with Crippen molar-refractivity contribution in [3.63, 3.8) is 0 Å². The third-order valence-electron chi connectivity index (χ3n) is 4.24. The molecule has 0 aliphatic heterocycles. The second kappa shape index (κ2) is 9.86. The SMILES string of the molecule is C[C@@H](Oc1ccc(Oc2nc3ccc(Cl)cc3o2)cc1)C(=O)NOCc1ccc(Cl)nc1. The fourth-order valence-electron chi connectivity index (χ4n) is 2.63. The summed E-state index contributed by atoms with van der Waals surface area (Å²) in [6.45, 7) is 1.76. The molecule has 4 aromatic rings. The fourth-order valence-corrected chi connectivity index (χ4v) is 2.90. The van der Waals surface area contributed by atoms with Crippen LogP contribution in [0.1, 0.15) is 12.5 Å².